The van der Waals surface area contributed by atoms with Crippen LogP contribution in [-0.2, 0) is 4.79 Å². The molecule has 5 nitrogen and oxygen atoms in total. The number of piperidine rings is 1. The van der Waals surface area contributed by atoms with Crippen LogP contribution in [0.2, 0.25) is 0 Å². The average molecular weight is 307 g/mol. The summed E-state index contributed by atoms with van der Waals surface area (Å²) < 4.78 is 13.7. The summed E-state index contributed by atoms with van der Waals surface area (Å²) in [6, 6.07) is 4.08. The van der Waals surface area contributed by atoms with Crippen LogP contribution in [0.25, 0.3) is 0 Å². The first-order valence-electron chi connectivity index (χ1n) is 7.52. The summed E-state index contributed by atoms with van der Waals surface area (Å²) in [6.07, 6.45) is 2.07. The first kappa shape index (κ1) is 16.4. The number of nitrogens with one attached hydrogen (secondary N) is 2. The third-order valence-electron chi connectivity index (χ3n) is 3.82. The first-order valence-corrected chi connectivity index (χ1v) is 7.52. The zero-order valence-electron chi connectivity index (χ0n) is 13.0. The predicted molar refractivity (Wildman–Crippen MR) is 83.3 cm³/mol. The van der Waals surface area contributed by atoms with E-state index >= 15 is 0 Å². The van der Waals surface area contributed by atoms with E-state index < -0.39 is 5.82 Å². The molecule has 2 amide bonds. The molecule has 1 heterocycles. The van der Waals surface area contributed by atoms with Crippen LogP contribution >= 0.6 is 0 Å². The average Bonchev–Trinajstić information content (AvgIpc) is 2.49. The minimum atomic E-state index is -0.543. The molecule has 1 fully saturated rings. The number of hydrogen-bond acceptors (Lipinski definition) is 3. The molecule has 120 valence electrons. The van der Waals surface area contributed by atoms with Crippen molar-refractivity contribution < 1.29 is 14.0 Å². The van der Waals surface area contributed by atoms with Crippen molar-refractivity contribution in [1.29, 1.82) is 0 Å². The molecular weight excluding hydrogens is 285 g/mol. The van der Waals surface area contributed by atoms with Gasteiger partial charge < -0.3 is 15.5 Å². The zero-order chi connectivity index (χ0) is 16.1. The Balaban J connectivity index is 2.13. The van der Waals surface area contributed by atoms with Gasteiger partial charge in [-0.3, -0.25) is 9.59 Å². The van der Waals surface area contributed by atoms with Crippen LogP contribution in [0.15, 0.2) is 18.2 Å². The van der Waals surface area contributed by atoms with Crippen molar-refractivity contribution in [2.24, 2.45) is 5.92 Å². The summed E-state index contributed by atoms with van der Waals surface area (Å²) in [7, 11) is 1.90. The Kier molecular flexibility index (Phi) is 5.49. The van der Waals surface area contributed by atoms with Gasteiger partial charge in [-0.05, 0) is 50.6 Å². The standard InChI is InChI=1S/C16H22FN3O2/c1-11(21)19-15-8-13(5-6-14(15)17)16(22)20-7-3-4-12(10-20)9-18-2/h5-6,8,12,18H,3-4,7,9-10H2,1-2H3,(H,19,21). The Morgan fingerprint density at radius 1 is 1.41 bits per heavy atom. The number of benzene rings is 1. The normalized spacial score (nSPS) is 18.1. The first-order chi connectivity index (χ1) is 10.5. The maximum atomic E-state index is 13.7. The van der Waals surface area contributed by atoms with Crippen LogP contribution in [0.4, 0.5) is 10.1 Å². The molecule has 2 N–H and O–H groups in total. The van der Waals surface area contributed by atoms with Crippen molar-refractivity contribution >= 4 is 17.5 Å². The van der Waals surface area contributed by atoms with Crippen molar-refractivity contribution in [1.82, 2.24) is 10.2 Å². The lowest BCUT2D eigenvalue weighted by atomic mass is 9.97. The van der Waals surface area contributed by atoms with Gasteiger partial charge in [0.2, 0.25) is 5.91 Å². The number of nitrogens with zero attached hydrogens (tertiary/aromatic N) is 1. The molecule has 6 heteroatoms. The molecule has 1 aliphatic rings. The number of carbonyl (C=O) groups excluding carboxylic acids is 2. The molecule has 2 rings (SSSR count). The largest absolute Gasteiger partial charge is 0.338 e. The second-order valence-corrected chi connectivity index (χ2v) is 5.69. The summed E-state index contributed by atoms with van der Waals surface area (Å²) in [5.74, 6) is -0.584. The number of anilines is 1. The van der Waals surface area contributed by atoms with Crippen LogP contribution in [0, 0.1) is 11.7 Å². The van der Waals surface area contributed by atoms with Crippen molar-refractivity contribution in [3.05, 3.63) is 29.6 Å². The van der Waals surface area contributed by atoms with E-state index in [4.69, 9.17) is 0 Å². The lowest BCUT2D eigenvalue weighted by Gasteiger charge is -2.32. The summed E-state index contributed by atoms with van der Waals surface area (Å²) >= 11 is 0. The van der Waals surface area contributed by atoms with Crippen molar-refractivity contribution in [3.63, 3.8) is 0 Å². The monoisotopic (exact) mass is 307 g/mol. The Bertz CT molecular complexity index is 560. The highest BCUT2D eigenvalue weighted by Gasteiger charge is 2.24. The number of likely N-dealkylation sites (tertiary alicyclic amines) is 1. The van der Waals surface area contributed by atoms with Gasteiger partial charge in [0.25, 0.3) is 5.91 Å². The van der Waals surface area contributed by atoms with Crippen molar-refractivity contribution in [2.75, 3.05) is 32.0 Å². The summed E-state index contributed by atoms with van der Waals surface area (Å²) in [5, 5.41) is 5.55. The number of carbonyl (C=O) groups is 2. The number of hydrogen-bond donors (Lipinski definition) is 2. The van der Waals surface area contributed by atoms with Crippen LogP contribution in [0.1, 0.15) is 30.1 Å². The fourth-order valence-corrected chi connectivity index (χ4v) is 2.83. The Morgan fingerprint density at radius 3 is 2.86 bits per heavy atom. The van der Waals surface area contributed by atoms with E-state index in [1.807, 2.05) is 7.05 Å². The van der Waals surface area contributed by atoms with E-state index in [1.54, 1.807) is 4.90 Å². The highest BCUT2D eigenvalue weighted by atomic mass is 19.1. The molecular formula is C16H22FN3O2. The minimum absolute atomic E-state index is 0.0436. The number of amides is 2. The van der Waals surface area contributed by atoms with Gasteiger partial charge in [-0.1, -0.05) is 0 Å². The van der Waals surface area contributed by atoms with E-state index in [-0.39, 0.29) is 17.5 Å². The van der Waals surface area contributed by atoms with Crippen LogP contribution in [0.5, 0.6) is 0 Å². The summed E-state index contributed by atoms with van der Waals surface area (Å²) in [5.41, 5.74) is 0.442. The van der Waals surface area contributed by atoms with Crippen LogP contribution in [-0.4, -0.2) is 43.4 Å². The van der Waals surface area contributed by atoms with Gasteiger partial charge in [0, 0.05) is 25.6 Å². The highest BCUT2D eigenvalue weighted by Crippen LogP contribution is 2.21. The van der Waals surface area contributed by atoms with E-state index in [9.17, 15) is 14.0 Å². The number of rotatable bonds is 4. The third-order valence-corrected chi connectivity index (χ3v) is 3.82. The lowest BCUT2D eigenvalue weighted by molar-refractivity contribution is -0.114. The van der Waals surface area contributed by atoms with Gasteiger partial charge in [-0.15, -0.1) is 0 Å². The third kappa shape index (κ3) is 4.04. The zero-order valence-corrected chi connectivity index (χ0v) is 13.0. The number of halogens is 1. The quantitative estimate of drug-likeness (QED) is 0.892. The molecule has 1 atom stereocenters. The summed E-state index contributed by atoms with van der Waals surface area (Å²) in [4.78, 5) is 25.5. The van der Waals surface area contributed by atoms with Crippen molar-refractivity contribution in [3.8, 4) is 0 Å². The Hall–Kier alpha value is -1.95. The smallest absolute Gasteiger partial charge is 0.253 e. The molecule has 0 aliphatic carbocycles. The van der Waals surface area contributed by atoms with Gasteiger partial charge in [-0.25, -0.2) is 4.39 Å². The molecule has 1 aliphatic heterocycles. The highest BCUT2D eigenvalue weighted by molar-refractivity contribution is 5.97. The van der Waals surface area contributed by atoms with Crippen LogP contribution in [0.3, 0.4) is 0 Å². The molecule has 0 radical (unpaired) electrons. The molecule has 1 aromatic carbocycles. The van der Waals surface area contributed by atoms with Crippen LogP contribution < -0.4 is 10.6 Å². The summed E-state index contributed by atoms with van der Waals surface area (Å²) in [6.45, 7) is 3.60. The van der Waals surface area contributed by atoms with Gasteiger partial charge in [0.15, 0.2) is 0 Å². The second kappa shape index (κ2) is 7.35. The fraction of sp³-hybridized carbons (Fsp3) is 0.500. The molecule has 0 spiro atoms. The maximum Gasteiger partial charge on any atom is 0.253 e. The molecule has 0 bridgehead atoms. The minimum Gasteiger partial charge on any atom is -0.338 e. The molecule has 1 aromatic rings. The Morgan fingerprint density at radius 2 is 2.18 bits per heavy atom. The molecule has 0 aromatic heterocycles. The molecule has 0 saturated carbocycles. The molecule has 22 heavy (non-hydrogen) atoms. The van der Waals surface area contributed by atoms with Gasteiger partial charge in [-0.2, -0.15) is 0 Å². The molecule has 1 saturated heterocycles. The topological polar surface area (TPSA) is 61.4 Å². The maximum absolute atomic E-state index is 13.7. The van der Waals surface area contributed by atoms with E-state index in [2.05, 4.69) is 10.6 Å². The SMILES string of the molecule is CNCC1CCCN(C(=O)c2ccc(F)c(NC(C)=O)c2)C1. The van der Waals surface area contributed by atoms with Gasteiger partial charge in [0.05, 0.1) is 5.69 Å². The predicted octanol–water partition coefficient (Wildman–Crippen LogP) is 1.86. The van der Waals surface area contributed by atoms with Gasteiger partial charge >= 0.3 is 0 Å². The van der Waals surface area contributed by atoms with E-state index in [1.165, 1.54) is 25.1 Å². The van der Waals surface area contributed by atoms with Gasteiger partial charge in [0.1, 0.15) is 5.82 Å². The van der Waals surface area contributed by atoms with Crippen molar-refractivity contribution in [2.45, 2.75) is 19.8 Å². The second-order valence-electron chi connectivity index (χ2n) is 5.69. The molecule has 1 unspecified atom stereocenters. The Labute approximate surface area is 129 Å². The van der Waals surface area contributed by atoms with E-state index in [0.29, 0.717) is 24.6 Å². The van der Waals surface area contributed by atoms with E-state index in [0.717, 1.165) is 19.4 Å². The fourth-order valence-electron chi connectivity index (χ4n) is 2.83. The lowest BCUT2D eigenvalue weighted by Crippen LogP contribution is -2.42.